The second-order valence-electron chi connectivity index (χ2n) is 9.08. The molecule has 1 aliphatic rings. The fraction of sp³-hybridized carbons (Fsp3) is 0.161. The van der Waals surface area contributed by atoms with Crippen LogP contribution in [0.15, 0.2) is 97.1 Å². The van der Waals surface area contributed by atoms with Gasteiger partial charge in [-0.2, -0.15) is 0 Å². The number of hydrogen-bond acceptors (Lipinski definition) is 5. The number of fused-ring (bicyclic) bond motifs is 1. The highest BCUT2D eigenvalue weighted by Crippen LogP contribution is 2.36. The molecule has 2 N–H and O–H groups in total. The van der Waals surface area contributed by atoms with Crippen LogP contribution in [0.5, 0.6) is 11.5 Å². The average molecular weight is 508 g/mol. The maximum atomic E-state index is 13.6. The molecule has 192 valence electrons. The normalized spacial score (nSPS) is 14.3. The lowest BCUT2D eigenvalue weighted by atomic mass is 10.0. The van der Waals surface area contributed by atoms with Gasteiger partial charge in [-0.3, -0.25) is 9.59 Å². The van der Waals surface area contributed by atoms with Crippen molar-refractivity contribution in [2.24, 2.45) is 0 Å². The smallest absolute Gasteiger partial charge is 0.258 e. The number of nitrogens with zero attached hydrogens (tertiary/aromatic N) is 1. The SMILES string of the molecule is COc1ccc(C2Nc3ccccc3C(=O)N2Cc2ccccc2)cc1COc1cccc(NC(C)=O)c1. The van der Waals surface area contributed by atoms with Crippen LogP contribution in [0.4, 0.5) is 11.4 Å². The molecule has 0 bridgehead atoms. The van der Waals surface area contributed by atoms with E-state index in [9.17, 15) is 9.59 Å². The third-order valence-corrected chi connectivity index (χ3v) is 6.39. The molecule has 7 heteroatoms. The molecule has 1 unspecified atom stereocenters. The van der Waals surface area contributed by atoms with Crippen LogP contribution < -0.4 is 20.1 Å². The van der Waals surface area contributed by atoms with Crippen LogP contribution in [-0.2, 0) is 17.9 Å². The van der Waals surface area contributed by atoms with Crippen LogP contribution >= 0.6 is 0 Å². The first-order valence-electron chi connectivity index (χ1n) is 12.4. The molecule has 1 aliphatic heterocycles. The van der Waals surface area contributed by atoms with Gasteiger partial charge < -0.3 is 25.0 Å². The number of nitrogens with one attached hydrogen (secondary N) is 2. The topological polar surface area (TPSA) is 79.9 Å². The van der Waals surface area contributed by atoms with Gasteiger partial charge in [-0.25, -0.2) is 0 Å². The Hall–Kier alpha value is -4.78. The lowest BCUT2D eigenvalue weighted by molar-refractivity contribution is -0.114. The summed E-state index contributed by atoms with van der Waals surface area (Å²) >= 11 is 0. The molecule has 1 atom stereocenters. The van der Waals surface area contributed by atoms with E-state index < -0.39 is 0 Å². The fourth-order valence-electron chi connectivity index (χ4n) is 4.61. The lowest BCUT2D eigenvalue weighted by Crippen LogP contribution is -2.42. The van der Waals surface area contributed by atoms with E-state index in [1.54, 1.807) is 19.2 Å². The van der Waals surface area contributed by atoms with Crippen molar-refractivity contribution in [2.45, 2.75) is 26.2 Å². The Bertz CT molecular complexity index is 1450. The number of amides is 2. The highest BCUT2D eigenvalue weighted by atomic mass is 16.5. The molecule has 0 spiro atoms. The minimum atomic E-state index is -0.384. The first-order chi connectivity index (χ1) is 18.5. The van der Waals surface area contributed by atoms with E-state index in [4.69, 9.17) is 9.47 Å². The van der Waals surface area contributed by atoms with E-state index in [1.807, 2.05) is 89.8 Å². The van der Waals surface area contributed by atoms with Crippen LogP contribution in [0.25, 0.3) is 0 Å². The Balaban J connectivity index is 1.45. The van der Waals surface area contributed by atoms with Crippen molar-refractivity contribution in [3.63, 3.8) is 0 Å². The molecular formula is C31H29N3O4. The molecule has 0 saturated heterocycles. The number of carbonyl (C=O) groups is 2. The van der Waals surface area contributed by atoms with Crippen molar-refractivity contribution in [3.05, 3.63) is 119 Å². The van der Waals surface area contributed by atoms with Gasteiger partial charge in [-0.15, -0.1) is 0 Å². The van der Waals surface area contributed by atoms with Crippen molar-refractivity contribution in [2.75, 3.05) is 17.7 Å². The summed E-state index contributed by atoms with van der Waals surface area (Å²) < 4.78 is 11.7. The van der Waals surface area contributed by atoms with Crippen molar-refractivity contribution in [3.8, 4) is 11.5 Å². The minimum absolute atomic E-state index is 0.0309. The van der Waals surface area contributed by atoms with Gasteiger partial charge in [0.05, 0.1) is 12.7 Å². The Kier molecular flexibility index (Phi) is 7.26. The summed E-state index contributed by atoms with van der Waals surface area (Å²) in [6, 6.07) is 30.7. The van der Waals surface area contributed by atoms with Gasteiger partial charge in [0.15, 0.2) is 0 Å². The summed E-state index contributed by atoms with van der Waals surface area (Å²) in [6.45, 7) is 2.17. The fourth-order valence-corrected chi connectivity index (χ4v) is 4.61. The van der Waals surface area contributed by atoms with Gasteiger partial charge in [-0.05, 0) is 47.5 Å². The van der Waals surface area contributed by atoms with Gasteiger partial charge in [0.25, 0.3) is 5.91 Å². The third kappa shape index (κ3) is 5.47. The largest absolute Gasteiger partial charge is 0.496 e. The van der Waals surface area contributed by atoms with E-state index in [0.29, 0.717) is 29.3 Å². The molecule has 4 aromatic carbocycles. The summed E-state index contributed by atoms with van der Waals surface area (Å²) in [5.41, 5.74) is 4.91. The molecule has 0 fully saturated rings. The summed E-state index contributed by atoms with van der Waals surface area (Å²) in [5, 5.41) is 6.33. The van der Waals surface area contributed by atoms with Crippen LogP contribution in [0.3, 0.4) is 0 Å². The van der Waals surface area contributed by atoms with Crippen LogP contribution in [0.1, 0.15) is 40.1 Å². The quantitative estimate of drug-likeness (QED) is 0.306. The van der Waals surface area contributed by atoms with Gasteiger partial charge >= 0.3 is 0 Å². The lowest BCUT2D eigenvalue weighted by Gasteiger charge is -2.38. The van der Waals surface area contributed by atoms with Gasteiger partial charge in [0.2, 0.25) is 5.91 Å². The monoisotopic (exact) mass is 507 g/mol. The zero-order valence-corrected chi connectivity index (χ0v) is 21.3. The maximum absolute atomic E-state index is 13.6. The minimum Gasteiger partial charge on any atom is -0.496 e. The number of rotatable bonds is 8. The first-order valence-corrected chi connectivity index (χ1v) is 12.4. The van der Waals surface area contributed by atoms with Gasteiger partial charge in [-0.1, -0.05) is 54.6 Å². The molecule has 1 heterocycles. The second kappa shape index (κ2) is 11.1. The predicted molar refractivity (Wildman–Crippen MR) is 147 cm³/mol. The predicted octanol–water partition coefficient (Wildman–Crippen LogP) is 6.00. The summed E-state index contributed by atoms with van der Waals surface area (Å²) in [4.78, 5) is 26.9. The molecule has 0 radical (unpaired) electrons. The van der Waals surface area contributed by atoms with E-state index in [0.717, 1.165) is 22.4 Å². The number of benzene rings is 4. The Morgan fingerprint density at radius 2 is 1.74 bits per heavy atom. The van der Waals surface area contributed by atoms with E-state index in [1.165, 1.54) is 6.92 Å². The second-order valence-corrected chi connectivity index (χ2v) is 9.08. The molecular weight excluding hydrogens is 478 g/mol. The highest BCUT2D eigenvalue weighted by Gasteiger charge is 2.33. The zero-order valence-electron chi connectivity index (χ0n) is 21.3. The number of hydrogen-bond donors (Lipinski definition) is 2. The van der Waals surface area contributed by atoms with E-state index in [2.05, 4.69) is 10.6 Å². The van der Waals surface area contributed by atoms with Crippen molar-refractivity contribution in [1.82, 2.24) is 4.90 Å². The van der Waals surface area contributed by atoms with Crippen LogP contribution in [-0.4, -0.2) is 23.8 Å². The number of ether oxygens (including phenoxy) is 2. The Morgan fingerprint density at radius 3 is 2.53 bits per heavy atom. The molecule has 0 aromatic heterocycles. The van der Waals surface area contributed by atoms with Gasteiger partial charge in [0.1, 0.15) is 24.3 Å². The molecule has 0 aliphatic carbocycles. The Morgan fingerprint density at radius 1 is 0.947 bits per heavy atom. The van der Waals surface area contributed by atoms with Crippen molar-refractivity contribution >= 4 is 23.2 Å². The van der Waals surface area contributed by atoms with Crippen LogP contribution in [0, 0.1) is 0 Å². The molecule has 4 aromatic rings. The molecule has 7 nitrogen and oxygen atoms in total. The van der Waals surface area contributed by atoms with Gasteiger partial charge in [0, 0.05) is 36.5 Å². The molecule has 38 heavy (non-hydrogen) atoms. The average Bonchev–Trinajstić information content (AvgIpc) is 2.93. The highest BCUT2D eigenvalue weighted by molar-refractivity contribution is 6.01. The van der Waals surface area contributed by atoms with E-state index >= 15 is 0 Å². The number of methoxy groups -OCH3 is 1. The summed E-state index contributed by atoms with van der Waals surface area (Å²) in [7, 11) is 1.62. The van der Waals surface area contributed by atoms with E-state index in [-0.39, 0.29) is 24.6 Å². The zero-order chi connectivity index (χ0) is 26.5. The number of para-hydroxylation sites is 1. The van der Waals surface area contributed by atoms with Crippen molar-refractivity contribution < 1.29 is 19.1 Å². The standard InChI is InChI=1S/C31H29N3O4/c1-21(35)32-25-11-8-12-26(18-25)38-20-24-17-23(15-16-29(24)37-2)30-33-28-14-7-6-13-27(28)31(36)34(30)19-22-9-4-3-5-10-22/h3-18,30,33H,19-20H2,1-2H3,(H,32,35). The number of carbonyl (C=O) groups excluding carboxylic acids is 2. The summed E-state index contributed by atoms with van der Waals surface area (Å²) in [5.74, 6) is 1.13. The first kappa shape index (κ1) is 24.9. The number of anilines is 2. The Labute approximate surface area is 222 Å². The summed E-state index contributed by atoms with van der Waals surface area (Å²) in [6.07, 6.45) is -0.384. The van der Waals surface area contributed by atoms with Crippen LogP contribution in [0.2, 0.25) is 0 Å². The molecule has 2 amide bonds. The molecule has 5 rings (SSSR count). The van der Waals surface area contributed by atoms with Crippen molar-refractivity contribution in [1.29, 1.82) is 0 Å². The maximum Gasteiger partial charge on any atom is 0.258 e. The molecule has 0 saturated carbocycles. The third-order valence-electron chi connectivity index (χ3n) is 6.39.